The van der Waals surface area contributed by atoms with Crippen LogP contribution < -0.4 is 27.0 Å². The van der Waals surface area contributed by atoms with Crippen molar-refractivity contribution in [1.29, 1.82) is 0 Å². The first-order valence-corrected chi connectivity index (χ1v) is 29.0. The van der Waals surface area contributed by atoms with Gasteiger partial charge in [0.25, 0.3) is 0 Å². The molecule has 4 amide bonds. The number of carbonyl (C=O) groups excluding carboxylic acids is 9. The van der Waals surface area contributed by atoms with Crippen LogP contribution in [0.2, 0.25) is 0 Å². The summed E-state index contributed by atoms with van der Waals surface area (Å²) in [5.74, 6) is -4.51. The second-order valence-corrected chi connectivity index (χ2v) is 26.7. The molecule has 0 radical (unpaired) electrons. The first kappa shape index (κ1) is 86.6. The Morgan fingerprint density at radius 3 is 1.09 bits per heavy atom. The minimum atomic E-state index is -1.47. The molecule has 0 saturated carbocycles. The summed E-state index contributed by atoms with van der Waals surface area (Å²) < 4.78 is 37.0. The van der Waals surface area contributed by atoms with Gasteiger partial charge in [0.15, 0.2) is 0 Å². The zero-order chi connectivity index (χ0) is 67.2. The fraction of sp³-hybridized carbons (Fsp3) is 0.742. The zero-order valence-electron chi connectivity index (χ0n) is 56.3. The molecule has 1 aromatic carbocycles. The van der Waals surface area contributed by atoms with E-state index in [9.17, 15) is 47.9 Å². The van der Waals surface area contributed by atoms with E-state index in [1.165, 1.54) is 13.8 Å². The van der Waals surface area contributed by atoms with E-state index in [4.69, 9.17) is 44.0 Å². The minimum Gasteiger partial charge on any atom is -0.481 e. The van der Waals surface area contributed by atoms with E-state index in [2.05, 4.69) is 21.3 Å². The Balaban J connectivity index is -0.000000604. The first-order chi connectivity index (χ1) is 38.3. The molecule has 0 bridgehead atoms. The molecule has 1 aromatic rings. The average Bonchev–Trinajstić information content (AvgIpc) is 1.67. The van der Waals surface area contributed by atoms with E-state index >= 15 is 0 Å². The van der Waals surface area contributed by atoms with Crippen LogP contribution in [0.3, 0.4) is 0 Å². The highest BCUT2D eigenvalue weighted by Crippen LogP contribution is 2.23. The van der Waals surface area contributed by atoms with Crippen LogP contribution in [0.15, 0.2) is 30.3 Å². The van der Waals surface area contributed by atoms with Gasteiger partial charge >= 0.3 is 59.8 Å². The molecule has 0 aliphatic rings. The predicted octanol–water partition coefficient (Wildman–Crippen LogP) is 10.6. The first-order valence-electron chi connectivity index (χ1n) is 29.0. The molecule has 0 aliphatic carbocycles. The lowest BCUT2D eigenvalue weighted by molar-refractivity contribution is -0.165. The van der Waals surface area contributed by atoms with Crippen LogP contribution in [0.25, 0.3) is 0 Å². The third-order valence-electron chi connectivity index (χ3n) is 10.3. The summed E-state index contributed by atoms with van der Waals surface area (Å²) in [5.41, 5.74) is -0.374. The summed E-state index contributed by atoms with van der Waals surface area (Å²) in [6.45, 7) is 42.0. The van der Waals surface area contributed by atoms with Crippen molar-refractivity contribution in [3.8, 4) is 0 Å². The molecule has 0 aromatic heterocycles. The van der Waals surface area contributed by atoms with E-state index in [-0.39, 0.29) is 106 Å². The Hall–Kier alpha value is -5.79. The number of ether oxygens (including phenoxy) is 7. The van der Waals surface area contributed by atoms with Gasteiger partial charge in [-0.3, -0.25) is 28.8 Å². The van der Waals surface area contributed by atoms with E-state index in [1.807, 2.05) is 44.2 Å². The number of hydrogen-bond donors (Lipinski definition) is 6. The molecule has 1 rings (SSSR count). The molecule has 0 saturated heterocycles. The topological polar surface area (TPSA) is 330 Å². The van der Waals surface area contributed by atoms with Crippen LogP contribution in [0.5, 0.6) is 0 Å². The average molecular weight is 1340 g/mol. The fourth-order valence-corrected chi connectivity index (χ4v) is 6.51. The van der Waals surface area contributed by atoms with Gasteiger partial charge in [-0.25, -0.2) is 19.2 Å². The third kappa shape index (κ3) is 48.3. The Kier molecular flexibility index (Phi) is 39.5. The number of amides is 4. The standard InChI is InChI=1S/C27H42N2O7.C20H36N2O7.C13H25NO4.C2H6.HI/c1-19(14-15-21(30)34-18-20-12-10-9-11-13-20)28-24(33)29-27(8,23(32)36-26(5,6)7)17-16-22(31)35-25(2,3)4;1-13(9-10-14(23)24)21-17(27)22-20(8,16(26)29-19(5,6)7)12-11-15(25)28-18(2,3)4;1-12(2,3)17-10(15)8-7-9(14)11(16)18-13(4,5)6;1-2;/h9-13,19H,14-18H2,1-8H3,(H2,28,29,33);13H,9-12H2,1-8H3,(H,23,24)(H2,21,22,27);9H,7-8,14H2,1-6H3;1-2H3;1H/t19-,27+;13-,20+;9-;;/m110../s1. The molecule has 0 heterocycles. The summed E-state index contributed by atoms with van der Waals surface area (Å²) in [6, 6.07) is 6.50. The Labute approximate surface area is 530 Å². The highest BCUT2D eigenvalue weighted by Gasteiger charge is 2.41. The molecule has 5 atom stereocenters. The lowest BCUT2D eigenvalue weighted by Crippen LogP contribution is -2.58. The Morgan fingerprint density at radius 1 is 0.453 bits per heavy atom. The number of nitrogens with one attached hydrogen (secondary N) is 4. The van der Waals surface area contributed by atoms with Crippen LogP contribution in [0.1, 0.15) is 236 Å². The largest absolute Gasteiger partial charge is 0.481 e. The van der Waals surface area contributed by atoms with Crippen molar-refractivity contribution in [2.45, 2.75) is 300 Å². The zero-order valence-corrected chi connectivity index (χ0v) is 58.6. The number of rotatable bonds is 24. The van der Waals surface area contributed by atoms with Crippen molar-refractivity contribution in [3.05, 3.63) is 35.9 Å². The highest BCUT2D eigenvalue weighted by atomic mass is 127. The van der Waals surface area contributed by atoms with Crippen molar-refractivity contribution >= 4 is 83.8 Å². The van der Waals surface area contributed by atoms with Crippen LogP contribution in [-0.4, -0.2) is 128 Å². The van der Waals surface area contributed by atoms with Crippen molar-refractivity contribution < 1.29 is 86.2 Å². The highest BCUT2D eigenvalue weighted by molar-refractivity contribution is 14.0. The number of nitrogens with two attached hydrogens (primary N) is 1. The second kappa shape index (κ2) is 39.2. The maximum absolute atomic E-state index is 12.9. The van der Waals surface area contributed by atoms with E-state index in [0.29, 0.717) is 6.42 Å². The molecule has 0 spiro atoms. The number of carboxylic acids is 1. The van der Waals surface area contributed by atoms with Crippen molar-refractivity contribution in [2.24, 2.45) is 5.73 Å². The number of carbonyl (C=O) groups is 10. The van der Waals surface area contributed by atoms with Gasteiger partial charge in [0.2, 0.25) is 0 Å². The van der Waals surface area contributed by atoms with Crippen LogP contribution in [0.4, 0.5) is 9.59 Å². The van der Waals surface area contributed by atoms with E-state index in [1.54, 1.807) is 138 Å². The van der Waals surface area contributed by atoms with Gasteiger partial charge in [-0.2, -0.15) is 0 Å². The molecule has 86 heavy (non-hydrogen) atoms. The normalized spacial score (nSPS) is 13.9. The van der Waals surface area contributed by atoms with Gasteiger partial charge in [-0.05, 0) is 190 Å². The SMILES string of the molecule is CC.CC(C)(C)OC(=O)CC[C@H](N)C(=O)OC(C)(C)C.C[C@H](CCC(=O)O)NC(=O)N[C@@](C)(CCC(=O)OC(C)(C)C)C(=O)OC(C)(C)C.C[C@H](CCC(=O)OCc1ccccc1)NC(=O)N[C@@](C)(CCC(=O)OC(C)(C)C)C(=O)OC(C)(C)C.I. The summed E-state index contributed by atoms with van der Waals surface area (Å²) in [7, 11) is 0. The quantitative estimate of drug-likeness (QED) is 0.0318. The van der Waals surface area contributed by atoms with Gasteiger partial charge in [-0.15, -0.1) is 24.0 Å². The minimum absolute atomic E-state index is 0. The monoisotopic (exact) mass is 1340 g/mol. The second-order valence-electron chi connectivity index (χ2n) is 26.7. The summed E-state index contributed by atoms with van der Waals surface area (Å²) >= 11 is 0. The molecule has 23 nitrogen and oxygen atoms in total. The summed E-state index contributed by atoms with van der Waals surface area (Å²) in [6.07, 6.45) is 0.739. The van der Waals surface area contributed by atoms with E-state index < -0.39 is 105 Å². The molecular formula is C62H110IN5O18. The van der Waals surface area contributed by atoms with Crippen molar-refractivity contribution in [2.75, 3.05) is 0 Å². The smallest absolute Gasteiger partial charge is 0.332 e. The molecule has 0 fully saturated rings. The molecule has 0 unspecified atom stereocenters. The molecular weight excluding hydrogens is 1230 g/mol. The maximum Gasteiger partial charge on any atom is 0.332 e. The van der Waals surface area contributed by atoms with Gasteiger partial charge < -0.3 is 65.3 Å². The number of urea groups is 2. The Bertz CT molecular complexity index is 2270. The number of esters is 7. The van der Waals surface area contributed by atoms with Gasteiger partial charge in [0, 0.05) is 44.2 Å². The molecule has 7 N–H and O–H groups in total. The number of benzene rings is 1. The maximum atomic E-state index is 12.9. The van der Waals surface area contributed by atoms with Crippen LogP contribution >= 0.6 is 24.0 Å². The molecule has 0 aliphatic heterocycles. The molecule has 498 valence electrons. The number of carboxylic acid groups (broad SMARTS) is 1. The lowest BCUT2D eigenvalue weighted by atomic mass is 9.95. The number of halogens is 1. The summed E-state index contributed by atoms with van der Waals surface area (Å²) in [4.78, 5) is 121. The van der Waals surface area contributed by atoms with E-state index in [0.717, 1.165) is 5.56 Å². The summed E-state index contributed by atoms with van der Waals surface area (Å²) in [5, 5.41) is 19.3. The fourth-order valence-electron chi connectivity index (χ4n) is 6.51. The van der Waals surface area contributed by atoms with Crippen molar-refractivity contribution in [3.63, 3.8) is 0 Å². The Morgan fingerprint density at radius 2 is 0.767 bits per heavy atom. The lowest BCUT2D eigenvalue weighted by Gasteiger charge is -2.32. The third-order valence-corrected chi connectivity index (χ3v) is 10.3. The van der Waals surface area contributed by atoms with Gasteiger partial charge in [0.1, 0.15) is 57.3 Å². The van der Waals surface area contributed by atoms with Gasteiger partial charge in [0.05, 0.1) is 0 Å². The van der Waals surface area contributed by atoms with Gasteiger partial charge in [-0.1, -0.05) is 44.2 Å². The number of aliphatic carboxylic acids is 1. The number of hydrogen-bond acceptors (Lipinski definition) is 18. The predicted molar refractivity (Wildman–Crippen MR) is 339 cm³/mol. The molecule has 24 heteroatoms. The van der Waals surface area contributed by atoms with Crippen LogP contribution in [0, 0.1) is 0 Å². The van der Waals surface area contributed by atoms with Crippen LogP contribution in [-0.2, 0) is 78.1 Å². The van der Waals surface area contributed by atoms with Crippen molar-refractivity contribution in [1.82, 2.24) is 21.3 Å².